The average Bonchev–Trinajstić information content (AvgIpc) is 2.96. The van der Waals surface area contributed by atoms with E-state index in [-0.39, 0.29) is 10.9 Å². The number of nitrogens with one attached hydrogen (secondary N) is 1. The molecule has 1 aliphatic rings. The summed E-state index contributed by atoms with van der Waals surface area (Å²) in [4.78, 5) is 22.4. The zero-order valence-corrected chi connectivity index (χ0v) is 10.6. The van der Waals surface area contributed by atoms with Gasteiger partial charge in [-0.25, -0.2) is 0 Å². The van der Waals surface area contributed by atoms with Crippen LogP contribution in [0.15, 0.2) is 18.2 Å². The van der Waals surface area contributed by atoms with Crippen molar-refractivity contribution in [1.82, 2.24) is 5.32 Å². The van der Waals surface area contributed by atoms with Crippen molar-refractivity contribution in [2.75, 3.05) is 0 Å². The van der Waals surface area contributed by atoms with Crippen molar-refractivity contribution in [3.05, 3.63) is 33.2 Å². The maximum Gasteiger partial charge on any atom is 0.324 e. The first-order valence-corrected chi connectivity index (χ1v) is 6.69. The molecule has 18 heavy (non-hydrogen) atoms. The van der Waals surface area contributed by atoms with Gasteiger partial charge in [-0.05, 0) is 25.0 Å². The van der Waals surface area contributed by atoms with Crippen molar-refractivity contribution in [3.8, 4) is 0 Å². The SMILES string of the molecule is O=C(/C=C/c1ccc([N+](=O)[O-])s1)NC1CCCC1. The number of carbonyl (C=O) groups is 1. The molecule has 1 fully saturated rings. The van der Waals surface area contributed by atoms with Gasteiger partial charge in [-0.3, -0.25) is 14.9 Å². The predicted octanol–water partition coefficient (Wildman–Crippen LogP) is 2.73. The summed E-state index contributed by atoms with van der Waals surface area (Å²) in [7, 11) is 0. The first-order valence-electron chi connectivity index (χ1n) is 5.88. The fourth-order valence-corrected chi connectivity index (χ4v) is 2.73. The monoisotopic (exact) mass is 266 g/mol. The van der Waals surface area contributed by atoms with Gasteiger partial charge < -0.3 is 5.32 Å². The Labute approximate surface area is 109 Å². The molecule has 1 amide bonds. The number of hydrogen-bond donors (Lipinski definition) is 1. The molecule has 1 saturated carbocycles. The summed E-state index contributed by atoms with van der Waals surface area (Å²) >= 11 is 1.06. The van der Waals surface area contributed by atoms with Crippen molar-refractivity contribution in [2.24, 2.45) is 0 Å². The Kier molecular flexibility index (Phi) is 4.09. The van der Waals surface area contributed by atoms with Gasteiger partial charge in [0.2, 0.25) is 5.91 Å². The normalized spacial score (nSPS) is 16.2. The van der Waals surface area contributed by atoms with E-state index >= 15 is 0 Å². The van der Waals surface area contributed by atoms with Gasteiger partial charge in [0.1, 0.15) is 0 Å². The molecule has 0 aliphatic heterocycles. The number of nitrogens with zero attached hydrogens (tertiary/aromatic N) is 1. The fourth-order valence-electron chi connectivity index (χ4n) is 2.01. The zero-order chi connectivity index (χ0) is 13.0. The van der Waals surface area contributed by atoms with Crippen LogP contribution in [-0.4, -0.2) is 16.9 Å². The molecule has 1 aromatic rings. The van der Waals surface area contributed by atoms with Gasteiger partial charge in [0, 0.05) is 23.1 Å². The highest BCUT2D eigenvalue weighted by atomic mass is 32.1. The third-order valence-electron chi connectivity index (χ3n) is 2.89. The summed E-state index contributed by atoms with van der Waals surface area (Å²) in [5.41, 5.74) is 0. The Morgan fingerprint density at radius 1 is 1.44 bits per heavy atom. The van der Waals surface area contributed by atoms with Crippen molar-refractivity contribution >= 4 is 28.3 Å². The van der Waals surface area contributed by atoms with E-state index in [1.54, 1.807) is 12.1 Å². The Morgan fingerprint density at radius 2 is 2.17 bits per heavy atom. The second-order valence-electron chi connectivity index (χ2n) is 4.26. The fraction of sp³-hybridized carbons (Fsp3) is 0.417. The molecule has 0 unspecified atom stereocenters. The molecule has 2 rings (SSSR count). The number of amides is 1. The molecular formula is C12H14N2O3S. The van der Waals surface area contributed by atoms with Crippen LogP contribution in [0.3, 0.4) is 0 Å². The number of nitro groups is 1. The van der Waals surface area contributed by atoms with Crippen LogP contribution in [-0.2, 0) is 4.79 Å². The first-order chi connectivity index (χ1) is 8.65. The Bertz CT molecular complexity index is 475. The number of hydrogen-bond acceptors (Lipinski definition) is 4. The summed E-state index contributed by atoms with van der Waals surface area (Å²) in [5.74, 6) is -0.127. The number of carbonyl (C=O) groups excluding carboxylic acids is 1. The van der Waals surface area contributed by atoms with Gasteiger partial charge >= 0.3 is 5.00 Å². The lowest BCUT2D eigenvalue weighted by atomic mass is 10.2. The second-order valence-corrected chi connectivity index (χ2v) is 5.35. The zero-order valence-electron chi connectivity index (χ0n) is 9.80. The minimum Gasteiger partial charge on any atom is -0.350 e. The molecule has 96 valence electrons. The molecule has 1 heterocycles. The van der Waals surface area contributed by atoms with Crippen molar-refractivity contribution in [1.29, 1.82) is 0 Å². The minimum atomic E-state index is -0.430. The number of thiophene rings is 1. The third-order valence-corrected chi connectivity index (χ3v) is 3.90. The molecule has 1 N–H and O–H groups in total. The highest BCUT2D eigenvalue weighted by Crippen LogP contribution is 2.24. The second kappa shape index (κ2) is 5.77. The van der Waals surface area contributed by atoms with E-state index in [1.165, 1.54) is 25.0 Å². The molecule has 0 aromatic carbocycles. The smallest absolute Gasteiger partial charge is 0.324 e. The summed E-state index contributed by atoms with van der Waals surface area (Å²) in [5, 5.41) is 13.5. The lowest BCUT2D eigenvalue weighted by Crippen LogP contribution is -2.30. The van der Waals surface area contributed by atoms with Crippen molar-refractivity contribution < 1.29 is 9.72 Å². The van der Waals surface area contributed by atoms with E-state index in [0.29, 0.717) is 10.9 Å². The molecule has 1 aliphatic carbocycles. The van der Waals surface area contributed by atoms with Crippen LogP contribution in [0.1, 0.15) is 30.6 Å². The van der Waals surface area contributed by atoms with E-state index < -0.39 is 4.92 Å². The molecule has 0 atom stereocenters. The van der Waals surface area contributed by atoms with E-state index in [0.717, 1.165) is 24.2 Å². The lowest BCUT2D eigenvalue weighted by Gasteiger charge is -2.08. The Morgan fingerprint density at radius 3 is 2.78 bits per heavy atom. The molecule has 1 aromatic heterocycles. The van der Waals surface area contributed by atoms with Gasteiger partial charge in [0.25, 0.3) is 0 Å². The molecule has 0 saturated heterocycles. The first kappa shape index (κ1) is 12.8. The molecule has 5 nitrogen and oxygen atoms in total. The van der Waals surface area contributed by atoms with Crippen molar-refractivity contribution in [3.63, 3.8) is 0 Å². The van der Waals surface area contributed by atoms with Crippen LogP contribution in [0.4, 0.5) is 5.00 Å². The largest absolute Gasteiger partial charge is 0.350 e. The molecule has 0 bridgehead atoms. The molecule has 0 spiro atoms. The minimum absolute atomic E-state index is 0.0888. The standard InChI is InChI=1S/C12H14N2O3S/c15-11(13-9-3-1-2-4-9)7-5-10-6-8-12(18-10)14(16)17/h5-9H,1-4H2,(H,13,15)/b7-5+. The lowest BCUT2D eigenvalue weighted by molar-refractivity contribution is -0.380. The van der Waals surface area contributed by atoms with Gasteiger partial charge in [-0.1, -0.05) is 24.2 Å². The summed E-state index contributed by atoms with van der Waals surface area (Å²) in [6.45, 7) is 0. The highest BCUT2D eigenvalue weighted by molar-refractivity contribution is 7.16. The van der Waals surface area contributed by atoms with Crippen LogP contribution < -0.4 is 5.32 Å². The molecule has 6 heteroatoms. The maximum atomic E-state index is 11.6. The van der Waals surface area contributed by atoms with Crippen LogP contribution in [0, 0.1) is 10.1 Å². The van der Waals surface area contributed by atoms with Crippen LogP contribution in [0.5, 0.6) is 0 Å². The quantitative estimate of drug-likeness (QED) is 0.517. The van der Waals surface area contributed by atoms with Gasteiger partial charge in [0.05, 0.1) is 4.92 Å². The van der Waals surface area contributed by atoms with Crippen LogP contribution in [0.2, 0.25) is 0 Å². The summed E-state index contributed by atoms with van der Waals surface area (Å²) in [6.07, 6.45) is 7.49. The summed E-state index contributed by atoms with van der Waals surface area (Å²) in [6, 6.07) is 3.38. The van der Waals surface area contributed by atoms with Gasteiger partial charge in [-0.15, -0.1) is 0 Å². The van der Waals surface area contributed by atoms with E-state index in [1.807, 2.05) is 0 Å². The highest BCUT2D eigenvalue weighted by Gasteiger charge is 2.15. The molecule has 0 radical (unpaired) electrons. The van der Waals surface area contributed by atoms with Crippen LogP contribution in [0.25, 0.3) is 6.08 Å². The Balaban J connectivity index is 1.88. The number of rotatable bonds is 4. The predicted molar refractivity (Wildman–Crippen MR) is 70.4 cm³/mol. The topological polar surface area (TPSA) is 72.2 Å². The molecular weight excluding hydrogens is 252 g/mol. The van der Waals surface area contributed by atoms with E-state index in [9.17, 15) is 14.9 Å². The van der Waals surface area contributed by atoms with Gasteiger partial charge in [-0.2, -0.15) is 0 Å². The van der Waals surface area contributed by atoms with E-state index in [2.05, 4.69) is 5.32 Å². The maximum absolute atomic E-state index is 11.6. The van der Waals surface area contributed by atoms with Crippen LogP contribution >= 0.6 is 11.3 Å². The van der Waals surface area contributed by atoms with E-state index in [4.69, 9.17) is 0 Å². The van der Waals surface area contributed by atoms with Crippen molar-refractivity contribution in [2.45, 2.75) is 31.7 Å². The van der Waals surface area contributed by atoms with Gasteiger partial charge in [0.15, 0.2) is 0 Å². The average molecular weight is 266 g/mol. The third kappa shape index (κ3) is 3.40. The Hall–Kier alpha value is -1.69. The summed E-state index contributed by atoms with van der Waals surface area (Å²) < 4.78 is 0.